The highest BCUT2D eigenvalue weighted by atomic mass is 16.7. The molecule has 2 heterocycles. The fourth-order valence-electron chi connectivity index (χ4n) is 3.72. The van der Waals surface area contributed by atoms with E-state index in [1.807, 2.05) is 0 Å². The van der Waals surface area contributed by atoms with Gasteiger partial charge in [-0.2, -0.15) is 0 Å². The van der Waals surface area contributed by atoms with Gasteiger partial charge in [-0.25, -0.2) is 0 Å². The second kappa shape index (κ2) is 4.77. The van der Waals surface area contributed by atoms with Crippen molar-refractivity contribution in [3.63, 3.8) is 0 Å². The molecule has 0 unspecified atom stereocenters. The maximum Gasteiger partial charge on any atom is 0.182 e. The molecule has 0 N–H and O–H groups in total. The van der Waals surface area contributed by atoms with Crippen LogP contribution >= 0.6 is 0 Å². The van der Waals surface area contributed by atoms with E-state index >= 15 is 0 Å². The third-order valence-electron chi connectivity index (χ3n) is 5.06. The smallest absolute Gasteiger partial charge is 0.182 e. The summed E-state index contributed by atoms with van der Waals surface area (Å²) in [7, 11) is 0. The van der Waals surface area contributed by atoms with Crippen LogP contribution in [-0.2, 0) is 9.47 Å². The Morgan fingerprint density at radius 2 is 1.72 bits per heavy atom. The van der Waals surface area contributed by atoms with Gasteiger partial charge in [-0.05, 0) is 37.0 Å². The molecule has 104 valence electrons. The van der Waals surface area contributed by atoms with Crippen molar-refractivity contribution in [1.82, 2.24) is 4.90 Å². The number of hydrogen-bond donors (Lipinski definition) is 0. The van der Waals surface area contributed by atoms with Gasteiger partial charge >= 0.3 is 0 Å². The molecule has 3 fully saturated rings. The van der Waals surface area contributed by atoms with Gasteiger partial charge in [0.2, 0.25) is 0 Å². The van der Waals surface area contributed by atoms with Gasteiger partial charge in [0.1, 0.15) is 0 Å². The Morgan fingerprint density at radius 1 is 1.06 bits per heavy atom. The summed E-state index contributed by atoms with van der Waals surface area (Å²) in [5, 5.41) is 0. The van der Waals surface area contributed by atoms with Crippen LogP contribution in [0.25, 0.3) is 0 Å². The molecule has 2 aliphatic heterocycles. The first-order chi connectivity index (χ1) is 8.57. The van der Waals surface area contributed by atoms with Gasteiger partial charge in [0.15, 0.2) is 5.79 Å². The number of nitrogens with zero attached hydrogens (tertiary/aromatic N) is 1. The lowest BCUT2D eigenvalue weighted by molar-refractivity contribution is -0.145. The van der Waals surface area contributed by atoms with E-state index < -0.39 is 0 Å². The van der Waals surface area contributed by atoms with Crippen LogP contribution in [0.3, 0.4) is 0 Å². The molecule has 3 nitrogen and oxygen atoms in total. The first-order valence-corrected chi connectivity index (χ1v) is 7.57. The lowest BCUT2D eigenvalue weighted by Gasteiger charge is -2.36. The second-order valence-electron chi connectivity index (χ2n) is 7.20. The molecule has 0 atom stereocenters. The molecule has 0 radical (unpaired) electrons. The van der Waals surface area contributed by atoms with E-state index in [0.29, 0.717) is 5.41 Å². The van der Waals surface area contributed by atoms with E-state index in [1.165, 1.54) is 32.2 Å². The molecule has 0 aromatic carbocycles. The summed E-state index contributed by atoms with van der Waals surface area (Å²) in [6.45, 7) is 9.79. The Kier molecular flexibility index (Phi) is 3.41. The number of hydrogen-bond acceptors (Lipinski definition) is 3. The predicted octanol–water partition coefficient (Wildman–Crippen LogP) is 2.65. The molecule has 3 heteroatoms. The molecule has 18 heavy (non-hydrogen) atoms. The van der Waals surface area contributed by atoms with Crippen molar-refractivity contribution in [2.24, 2.45) is 11.3 Å². The Hall–Kier alpha value is -0.120. The average Bonchev–Trinajstić information content (AvgIpc) is 2.93. The lowest BCUT2D eigenvalue weighted by atomic mass is 9.73. The van der Waals surface area contributed by atoms with Crippen LogP contribution in [0.15, 0.2) is 0 Å². The largest absolute Gasteiger partial charge is 0.346 e. The van der Waals surface area contributed by atoms with Crippen LogP contribution in [0, 0.1) is 11.3 Å². The van der Waals surface area contributed by atoms with Gasteiger partial charge in [0.05, 0.1) is 19.8 Å². The van der Waals surface area contributed by atoms with Gasteiger partial charge in [-0.15, -0.1) is 0 Å². The highest BCUT2D eigenvalue weighted by Gasteiger charge is 2.43. The third-order valence-corrected chi connectivity index (χ3v) is 5.06. The summed E-state index contributed by atoms with van der Waals surface area (Å²) in [6, 6.07) is 0. The van der Waals surface area contributed by atoms with E-state index in [0.717, 1.165) is 38.6 Å². The van der Waals surface area contributed by atoms with Gasteiger partial charge in [0, 0.05) is 19.5 Å². The first-order valence-electron chi connectivity index (χ1n) is 7.57. The summed E-state index contributed by atoms with van der Waals surface area (Å²) >= 11 is 0. The zero-order valence-electron chi connectivity index (χ0n) is 11.9. The Balaban J connectivity index is 1.47. The predicted molar refractivity (Wildman–Crippen MR) is 71.4 cm³/mol. The molecule has 3 rings (SSSR count). The molecular weight excluding hydrogens is 226 g/mol. The van der Waals surface area contributed by atoms with Crippen LogP contribution < -0.4 is 0 Å². The fraction of sp³-hybridized carbons (Fsp3) is 1.00. The molecule has 0 amide bonds. The van der Waals surface area contributed by atoms with Crippen LogP contribution in [-0.4, -0.2) is 43.5 Å². The van der Waals surface area contributed by atoms with Gasteiger partial charge < -0.3 is 9.47 Å². The van der Waals surface area contributed by atoms with Crippen molar-refractivity contribution in [2.45, 2.75) is 51.7 Å². The number of likely N-dealkylation sites (tertiary alicyclic amines) is 1. The van der Waals surface area contributed by atoms with Crippen LogP contribution in [0.1, 0.15) is 46.0 Å². The minimum atomic E-state index is -0.228. The van der Waals surface area contributed by atoms with Gasteiger partial charge in [-0.3, -0.25) is 4.90 Å². The summed E-state index contributed by atoms with van der Waals surface area (Å²) in [4.78, 5) is 2.56. The maximum atomic E-state index is 5.79. The minimum absolute atomic E-state index is 0.228. The van der Waals surface area contributed by atoms with E-state index in [-0.39, 0.29) is 5.79 Å². The van der Waals surface area contributed by atoms with E-state index in [2.05, 4.69) is 18.7 Å². The Morgan fingerprint density at radius 3 is 2.39 bits per heavy atom. The Labute approximate surface area is 111 Å². The van der Waals surface area contributed by atoms with E-state index in [4.69, 9.17) is 9.47 Å². The molecule has 3 aliphatic rings. The van der Waals surface area contributed by atoms with Crippen LogP contribution in [0.5, 0.6) is 0 Å². The fourth-order valence-corrected chi connectivity index (χ4v) is 3.72. The quantitative estimate of drug-likeness (QED) is 0.755. The topological polar surface area (TPSA) is 21.7 Å². The zero-order valence-corrected chi connectivity index (χ0v) is 11.9. The monoisotopic (exact) mass is 253 g/mol. The van der Waals surface area contributed by atoms with E-state index in [1.54, 1.807) is 0 Å². The first kappa shape index (κ1) is 12.9. The molecule has 1 aliphatic carbocycles. The number of ether oxygens (including phenoxy) is 2. The summed E-state index contributed by atoms with van der Waals surface area (Å²) in [6.07, 6.45) is 6.65. The highest BCUT2D eigenvalue weighted by molar-refractivity contribution is 4.88. The summed E-state index contributed by atoms with van der Waals surface area (Å²) in [5.74, 6) is 0.670. The summed E-state index contributed by atoms with van der Waals surface area (Å²) in [5.41, 5.74) is 0.584. The van der Waals surface area contributed by atoms with Crippen molar-refractivity contribution in [3.05, 3.63) is 0 Å². The van der Waals surface area contributed by atoms with Crippen molar-refractivity contribution >= 4 is 0 Å². The molecule has 0 aromatic heterocycles. The van der Waals surface area contributed by atoms with Crippen LogP contribution in [0.4, 0.5) is 0 Å². The van der Waals surface area contributed by atoms with Crippen LogP contribution in [0.2, 0.25) is 0 Å². The van der Waals surface area contributed by atoms with Crippen molar-refractivity contribution in [3.8, 4) is 0 Å². The molecule has 0 aromatic rings. The van der Waals surface area contributed by atoms with Crippen molar-refractivity contribution in [2.75, 3.05) is 32.8 Å². The summed E-state index contributed by atoms with van der Waals surface area (Å²) < 4.78 is 11.6. The normalized spacial score (nSPS) is 32.3. The second-order valence-corrected chi connectivity index (χ2v) is 7.20. The third kappa shape index (κ3) is 2.73. The van der Waals surface area contributed by atoms with Gasteiger partial charge in [-0.1, -0.05) is 13.8 Å². The van der Waals surface area contributed by atoms with Crippen molar-refractivity contribution in [1.29, 1.82) is 0 Å². The maximum absolute atomic E-state index is 5.79. The Bertz CT molecular complexity index is 287. The number of rotatable bonds is 2. The van der Waals surface area contributed by atoms with E-state index in [9.17, 15) is 0 Å². The lowest BCUT2D eigenvalue weighted by Crippen LogP contribution is -2.37. The molecule has 1 saturated carbocycles. The SMILES string of the molecule is CC1(C)CCC(CN2CCC3(C2)OCCO3)CC1. The van der Waals surface area contributed by atoms with Gasteiger partial charge in [0.25, 0.3) is 0 Å². The average molecular weight is 253 g/mol. The molecule has 2 saturated heterocycles. The van der Waals surface area contributed by atoms with Crippen molar-refractivity contribution < 1.29 is 9.47 Å². The molecule has 0 bridgehead atoms. The molecular formula is C15H27NO2. The minimum Gasteiger partial charge on any atom is -0.346 e. The highest BCUT2D eigenvalue weighted by Crippen LogP contribution is 2.39. The molecule has 1 spiro atoms. The standard InChI is InChI=1S/C15H27NO2/c1-14(2)5-3-13(4-6-14)11-16-8-7-15(12-16)17-9-10-18-15/h13H,3-12H2,1-2H3. The zero-order chi connectivity index (χ0) is 12.6.